The van der Waals surface area contributed by atoms with E-state index in [1.165, 1.54) is 12.1 Å². The van der Waals surface area contributed by atoms with Gasteiger partial charge in [-0.1, -0.05) is 0 Å². The fraction of sp³-hybridized carbons (Fsp3) is 0.273. The predicted molar refractivity (Wildman–Crippen MR) is 57.0 cm³/mol. The minimum absolute atomic E-state index is 0.0264. The van der Waals surface area contributed by atoms with E-state index in [1.807, 2.05) is 6.92 Å². The molecule has 4 nitrogen and oxygen atoms in total. The Morgan fingerprint density at radius 2 is 2.00 bits per heavy atom. The molecular formula is C11H12FN3O. The molecule has 0 fully saturated rings. The van der Waals surface area contributed by atoms with Crippen molar-refractivity contribution in [3.63, 3.8) is 0 Å². The first kappa shape index (κ1) is 10.8. The molecule has 1 unspecified atom stereocenters. The van der Waals surface area contributed by atoms with Crippen LogP contribution in [0.5, 0.6) is 0 Å². The van der Waals surface area contributed by atoms with E-state index in [9.17, 15) is 4.39 Å². The molecule has 84 valence electrons. The first-order valence-corrected chi connectivity index (χ1v) is 4.99. The number of rotatable bonds is 3. The van der Waals surface area contributed by atoms with Crippen LogP contribution in [0.25, 0.3) is 11.5 Å². The van der Waals surface area contributed by atoms with Crippen LogP contribution >= 0.6 is 0 Å². The summed E-state index contributed by atoms with van der Waals surface area (Å²) in [6, 6.07) is 5.87. The van der Waals surface area contributed by atoms with Gasteiger partial charge in [-0.3, -0.25) is 0 Å². The van der Waals surface area contributed by atoms with Crippen LogP contribution < -0.4 is 5.73 Å². The second-order valence-corrected chi connectivity index (χ2v) is 3.69. The minimum atomic E-state index is -0.293. The third-order valence-electron chi connectivity index (χ3n) is 2.05. The SMILES string of the molecule is CC(N)Cc1nnc(-c2ccc(F)cc2)o1. The Hall–Kier alpha value is -1.75. The molecule has 2 rings (SSSR count). The number of nitrogens with two attached hydrogens (primary N) is 1. The van der Waals surface area contributed by atoms with Gasteiger partial charge in [-0.05, 0) is 31.2 Å². The lowest BCUT2D eigenvalue weighted by Crippen LogP contribution is -2.17. The Bertz CT molecular complexity index is 464. The smallest absolute Gasteiger partial charge is 0.247 e. The summed E-state index contributed by atoms with van der Waals surface area (Å²) in [6.07, 6.45) is 0.536. The molecule has 0 aliphatic carbocycles. The normalized spacial score (nSPS) is 12.7. The fourth-order valence-corrected chi connectivity index (χ4v) is 1.32. The minimum Gasteiger partial charge on any atom is -0.421 e. The molecule has 16 heavy (non-hydrogen) atoms. The summed E-state index contributed by atoms with van der Waals surface area (Å²) in [4.78, 5) is 0. The highest BCUT2D eigenvalue weighted by Crippen LogP contribution is 2.18. The van der Waals surface area contributed by atoms with Crippen LogP contribution in [-0.2, 0) is 6.42 Å². The average Bonchev–Trinajstić information content (AvgIpc) is 2.66. The summed E-state index contributed by atoms with van der Waals surface area (Å²) in [5, 5.41) is 7.74. The molecule has 2 N–H and O–H groups in total. The highest BCUT2D eigenvalue weighted by Gasteiger charge is 2.09. The van der Waals surface area contributed by atoms with E-state index < -0.39 is 0 Å². The van der Waals surface area contributed by atoms with Gasteiger partial charge in [-0.15, -0.1) is 10.2 Å². The van der Waals surface area contributed by atoms with Crippen molar-refractivity contribution in [2.75, 3.05) is 0 Å². The number of hydrogen-bond donors (Lipinski definition) is 1. The fourth-order valence-electron chi connectivity index (χ4n) is 1.32. The molecule has 1 heterocycles. The lowest BCUT2D eigenvalue weighted by Gasteiger charge is -1.98. The molecule has 2 aromatic rings. The van der Waals surface area contributed by atoms with Crippen LogP contribution in [0.15, 0.2) is 28.7 Å². The third-order valence-corrected chi connectivity index (χ3v) is 2.05. The summed E-state index contributed by atoms with van der Waals surface area (Å²) < 4.78 is 18.1. The number of nitrogens with zero attached hydrogens (tertiary/aromatic N) is 2. The molecule has 1 aromatic carbocycles. The Kier molecular flexibility index (Phi) is 2.96. The number of aromatic nitrogens is 2. The topological polar surface area (TPSA) is 64.9 Å². The molecule has 0 amide bonds. The van der Waals surface area contributed by atoms with Gasteiger partial charge in [0.25, 0.3) is 0 Å². The van der Waals surface area contributed by atoms with Gasteiger partial charge in [-0.25, -0.2) is 4.39 Å². The summed E-state index contributed by atoms with van der Waals surface area (Å²) in [6.45, 7) is 1.86. The van der Waals surface area contributed by atoms with Gasteiger partial charge >= 0.3 is 0 Å². The molecule has 0 saturated heterocycles. The van der Waals surface area contributed by atoms with Crippen LogP contribution in [0.3, 0.4) is 0 Å². The van der Waals surface area contributed by atoms with Gasteiger partial charge < -0.3 is 10.2 Å². The van der Waals surface area contributed by atoms with Crippen molar-refractivity contribution >= 4 is 0 Å². The van der Waals surface area contributed by atoms with Crippen molar-refractivity contribution in [3.05, 3.63) is 36.0 Å². The van der Waals surface area contributed by atoms with Crippen LogP contribution in [0.1, 0.15) is 12.8 Å². The van der Waals surface area contributed by atoms with Crippen molar-refractivity contribution in [1.29, 1.82) is 0 Å². The van der Waals surface area contributed by atoms with E-state index >= 15 is 0 Å². The summed E-state index contributed by atoms with van der Waals surface area (Å²) in [7, 11) is 0. The quantitative estimate of drug-likeness (QED) is 0.857. The zero-order valence-corrected chi connectivity index (χ0v) is 8.85. The standard InChI is InChI=1S/C11H12FN3O/c1-7(13)6-10-14-15-11(16-10)8-2-4-9(12)5-3-8/h2-5,7H,6,13H2,1H3. The monoisotopic (exact) mass is 221 g/mol. The van der Waals surface area contributed by atoms with E-state index in [4.69, 9.17) is 10.2 Å². The third kappa shape index (κ3) is 2.43. The maximum absolute atomic E-state index is 12.7. The predicted octanol–water partition coefficient (Wildman–Crippen LogP) is 1.77. The van der Waals surface area contributed by atoms with E-state index in [2.05, 4.69) is 10.2 Å². The first-order valence-electron chi connectivity index (χ1n) is 4.99. The van der Waals surface area contributed by atoms with Gasteiger partial charge in [-0.2, -0.15) is 0 Å². The van der Waals surface area contributed by atoms with Gasteiger partial charge in [0, 0.05) is 18.0 Å². The molecule has 0 radical (unpaired) electrons. The maximum Gasteiger partial charge on any atom is 0.247 e. The molecular weight excluding hydrogens is 209 g/mol. The average molecular weight is 221 g/mol. The van der Waals surface area contributed by atoms with Crippen LogP contribution in [0.2, 0.25) is 0 Å². The number of halogens is 1. The molecule has 0 bridgehead atoms. The lowest BCUT2D eigenvalue weighted by atomic mass is 10.2. The van der Waals surface area contributed by atoms with E-state index in [-0.39, 0.29) is 11.9 Å². The number of benzene rings is 1. The van der Waals surface area contributed by atoms with E-state index in [1.54, 1.807) is 12.1 Å². The van der Waals surface area contributed by atoms with Crippen LogP contribution in [0.4, 0.5) is 4.39 Å². The van der Waals surface area contributed by atoms with Gasteiger partial charge in [0.2, 0.25) is 11.8 Å². The molecule has 0 aliphatic heterocycles. The van der Waals surface area contributed by atoms with Crippen molar-refractivity contribution in [2.24, 2.45) is 5.73 Å². The molecule has 0 saturated carbocycles. The summed E-state index contributed by atoms with van der Waals surface area (Å²) in [5.41, 5.74) is 6.31. The van der Waals surface area contributed by atoms with Gasteiger partial charge in [0.1, 0.15) is 5.82 Å². The van der Waals surface area contributed by atoms with Crippen molar-refractivity contribution in [2.45, 2.75) is 19.4 Å². The van der Waals surface area contributed by atoms with Gasteiger partial charge in [0.15, 0.2) is 0 Å². The van der Waals surface area contributed by atoms with Gasteiger partial charge in [0.05, 0.1) is 0 Å². The second kappa shape index (κ2) is 4.40. The molecule has 1 aromatic heterocycles. The van der Waals surface area contributed by atoms with Crippen molar-refractivity contribution in [3.8, 4) is 11.5 Å². The zero-order chi connectivity index (χ0) is 11.5. The highest BCUT2D eigenvalue weighted by molar-refractivity contribution is 5.51. The summed E-state index contributed by atoms with van der Waals surface area (Å²) in [5.74, 6) is 0.587. The highest BCUT2D eigenvalue weighted by atomic mass is 19.1. The molecule has 5 heteroatoms. The Balaban J connectivity index is 2.21. The van der Waals surface area contributed by atoms with Crippen molar-refractivity contribution < 1.29 is 8.81 Å². The van der Waals surface area contributed by atoms with Crippen molar-refractivity contribution in [1.82, 2.24) is 10.2 Å². The van der Waals surface area contributed by atoms with E-state index in [0.717, 1.165) is 0 Å². The Morgan fingerprint density at radius 3 is 2.62 bits per heavy atom. The zero-order valence-electron chi connectivity index (χ0n) is 8.85. The molecule has 1 atom stereocenters. The maximum atomic E-state index is 12.7. The second-order valence-electron chi connectivity index (χ2n) is 3.69. The number of hydrogen-bond acceptors (Lipinski definition) is 4. The lowest BCUT2D eigenvalue weighted by molar-refractivity contribution is 0.487. The summed E-state index contributed by atoms with van der Waals surface area (Å²) >= 11 is 0. The molecule has 0 aliphatic rings. The Morgan fingerprint density at radius 1 is 1.31 bits per heavy atom. The Labute approximate surface area is 92.3 Å². The van der Waals surface area contributed by atoms with Crippen LogP contribution in [-0.4, -0.2) is 16.2 Å². The first-order chi connectivity index (χ1) is 7.65. The largest absolute Gasteiger partial charge is 0.421 e. The van der Waals surface area contributed by atoms with Crippen LogP contribution in [0, 0.1) is 5.82 Å². The van der Waals surface area contributed by atoms with E-state index in [0.29, 0.717) is 23.8 Å². The molecule has 0 spiro atoms.